The Labute approximate surface area is 104 Å². The van der Waals surface area contributed by atoms with E-state index in [2.05, 4.69) is 9.97 Å². The summed E-state index contributed by atoms with van der Waals surface area (Å²) in [4.78, 5) is 16.5. The highest BCUT2D eigenvalue weighted by molar-refractivity contribution is 5.75. The second kappa shape index (κ2) is 4.26. The molecule has 1 aromatic heterocycles. The van der Waals surface area contributed by atoms with Gasteiger partial charge in [0, 0.05) is 0 Å². The van der Waals surface area contributed by atoms with Gasteiger partial charge < -0.3 is 19.8 Å². The SMILES string of the molecule is CC1CCC(C(O)c2ccc3[nH]c(=O)[nH]c3c2)O1. The highest BCUT2D eigenvalue weighted by Gasteiger charge is 2.29. The standard InChI is InChI=1S/C13H16N2O3/c1-7-2-5-11(18-7)12(16)8-3-4-9-10(6-8)15-13(17)14-9/h3-4,6-7,11-12,16H,2,5H2,1H3,(H2,14,15,17). The van der Waals surface area contributed by atoms with Crippen molar-refractivity contribution in [2.24, 2.45) is 0 Å². The van der Waals surface area contributed by atoms with E-state index in [0.717, 1.165) is 23.9 Å². The van der Waals surface area contributed by atoms with Crippen LogP contribution in [0.2, 0.25) is 0 Å². The largest absolute Gasteiger partial charge is 0.386 e. The summed E-state index contributed by atoms with van der Waals surface area (Å²) in [6.07, 6.45) is 1.26. The lowest BCUT2D eigenvalue weighted by Crippen LogP contribution is -2.18. The topological polar surface area (TPSA) is 78.1 Å². The molecule has 0 radical (unpaired) electrons. The van der Waals surface area contributed by atoms with Crippen LogP contribution in [0.3, 0.4) is 0 Å². The number of rotatable bonds is 2. The molecule has 0 saturated carbocycles. The van der Waals surface area contributed by atoms with Gasteiger partial charge in [-0.15, -0.1) is 0 Å². The van der Waals surface area contributed by atoms with E-state index in [9.17, 15) is 9.90 Å². The number of H-pyrrole nitrogens is 2. The zero-order valence-corrected chi connectivity index (χ0v) is 10.1. The van der Waals surface area contributed by atoms with Crippen LogP contribution in [-0.4, -0.2) is 27.3 Å². The summed E-state index contributed by atoms with van der Waals surface area (Å²) >= 11 is 0. The molecule has 1 fully saturated rings. The summed E-state index contributed by atoms with van der Waals surface area (Å²) in [6, 6.07) is 5.41. The van der Waals surface area contributed by atoms with Gasteiger partial charge in [0.05, 0.1) is 23.2 Å². The predicted octanol–water partition coefficient (Wildman–Crippen LogP) is 1.46. The maximum absolute atomic E-state index is 11.2. The van der Waals surface area contributed by atoms with Gasteiger partial charge in [-0.25, -0.2) is 4.79 Å². The molecule has 1 saturated heterocycles. The zero-order chi connectivity index (χ0) is 12.7. The van der Waals surface area contributed by atoms with Gasteiger partial charge in [-0.3, -0.25) is 0 Å². The van der Waals surface area contributed by atoms with Crippen LogP contribution in [0.4, 0.5) is 0 Å². The predicted molar refractivity (Wildman–Crippen MR) is 67.4 cm³/mol. The Hall–Kier alpha value is -1.59. The van der Waals surface area contributed by atoms with Gasteiger partial charge in [-0.05, 0) is 37.5 Å². The van der Waals surface area contributed by atoms with Gasteiger partial charge in [-0.2, -0.15) is 0 Å². The molecular weight excluding hydrogens is 232 g/mol. The van der Waals surface area contributed by atoms with Crippen LogP contribution < -0.4 is 5.69 Å². The zero-order valence-electron chi connectivity index (χ0n) is 10.1. The van der Waals surface area contributed by atoms with Crippen LogP contribution in [0.25, 0.3) is 11.0 Å². The number of aliphatic hydroxyl groups is 1. The molecule has 0 spiro atoms. The fraction of sp³-hybridized carbons (Fsp3) is 0.462. The van der Waals surface area contributed by atoms with Gasteiger partial charge in [0.2, 0.25) is 0 Å². The molecule has 2 aromatic rings. The van der Waals surface area contributed by atoms with Crippen molar-refractivity contribution in [3.8, 4) is 0 Å². The van der Waals surface area contributed by atoms with E-state index < -0.39 is 6.10 Å². The van der Waals surface area contributed by atoms with Gasteiger partial charge in [0.15, 0.2) is 0 Å². The average Bonchev–Trinajstić information content (AvgIpc) is 2.92. The van der Waals surface area contributed by atoms with Crippen LogP contribution in [0, 0.1) is 0 Å². The van der Waals surface area contributed by atoms with Crippen molar-refractivity contribution in [3.05, 3.63) is 34.2 Å². The Morgan fingerprint density at radius 2 is 2.11 bits per heavy atom. The molecule has 3 atom stereocenters. The van der Waals surface area contributed by atoms with E-state index in [4.69, 9.17) is 4.74 Å². The first-order valence-electron chi connectivity index (χ1n) is 6.19. The molecule has 2 heterocycles. The molecular formula is C13H16N2O3. The van der Waals surface area contributed by atoms with E-state index in [-0.39, 0.29) is 17.9 Å². The Morgan fingerprint density at radius 1 is 1.33 bits per heavy atom. The van der Waals surface area contributed by atoms with Crippen LogP contribution in [-0.2, 0) is 4.74 Å². The van der Waals surface area contributed by atoms with Crippen LogP contribution in [0.5, 0.6) is 0 Å². The van der Waals surface area contributed by atoms with E-state index in [1.807, 2.05) is 13.0 Å². The van der Waals surface area contributed by atoms with Crippen molar-refractivity contribution in [2.45, 2.75) is 38.1 Å². The van der Waals surface area contributed by atoms with Crippen molar-refractivity contribution < 1.29 is 9.84 Å². The molecule has 5 heteroatoms. The Bertz CT molecular complexity index is 616. The number of benzene rings is 1. The highest BCUT2D eigenvalue weighted by atomic mass is 16.5. The lowest BCUT2D eigenvalue weighted by molar-refractivity contribution is -0.0297. The Morgan fingerprint density at radius 3 is 2.83 bits per heavy atom. The quantitative estimate of drug-likeness (QED) is 0.752. The minimum absolute atomic E-state index is 0.150. The van der Waals surface area contributed by atoms with E-state index in [0.29, 0.717) is 5.52 Å². The van der Waals surface area contributed by atoms with Crippen LogP contribution >= 0.6 is 0 Å². The summed E-state index contributed by atoms with van der Waals surface area (Å²) in [5.74, 6) is 0. The fourth-order valence-electron chi connectivity index (χ4n) is 2.51. The summed E-state index contributed by atoms with van der Waals surface area (Å²) in [5.41, 5.74) is 2.00. The van der Waals surface area contributed by atoms with E-state index in [1.54, 1.807) is 12.1 Å². The van der Waals surface area contributed by atoms with Gasteiger partial charge in [0.1, 0.15) is 6.10 Å². The number of hydrogen-bond acceptors (Lipinski definition) is 3. The number of hydrogen-bond donors (Lipinski definition) is 3. The molecule has 0 amide bonds. The molecule has 5 nitrogen and oxygen atoms in total. The first-order valence-corrected chi connectivity index (χ1v) is 6.19. The van der Waals surface area contributed by atoms with Crippen LogP contribution in [0.15, 0.2) is 23.0 Å². The molecule has 3 N–H and O–H groups in total. The minimum atomic E-state index is -0.641. The normalized spacial score (nSPS) is 25.7. The smallest absolute Gasteiger partial charge is 0.323 e. The first-order chi connectivity index (χ1) is 8.63. The molecule has 3 unspecified atom stereocenters. The van der Waals surface area contributed by atoms with Gasteiger partial charge in [0.25, 0.3) is 0 Å². The molecule has 0 bridgehead atoms. The number of ether oxygens (including phenoxy) is 1. The summed E-state index contributed by atoms with van der Waals surface area (Å²) in [5, 5.41) is 10.3. The third-order valence-corrected chi connectivity index (χ3v) is 3.50. The van der Waals surface area contributed by atoms with Crippen LogP contribution in [0.1, 0.15) is 31.4 Å². The number of aliphatic hydroxyl groups excluding tert-OH is 1. The Kier molecular flexibility index (Phi) is 2.72. The van der Waals surface area contributed by atoms with Gasteiger partial charge in [-0.1, -0.05) is 6.07 Å². The second-order valence-corrected chi connectivity index (χ2v) is 4.89. The number of aromatic nitrogens is 2. The highest BCUT2D eigenvalue weighted by Crippen LogP contribution is 2.30. The molecule has 3 rings (SSSR count). The van der Waals surface area contributed by atoms with Crippen molar-refractivity contribution in [1.82, 2.24) is 9.97 Å². The maximum Gasteiger partial charge on any atom is 0.323 e. The first kappa shape index (κ1) is 11.5. The summed E-state index contributed by atoms with van der Waals surface area (Å²) < 4.78 is 5.66. The van der Waals surface area contributed by atoms with E-state index in [1.165, 1.54) is 0 Å². The molecule has 1 aliphatic heterocycles. The van der Waals surface area contributed by atoms with Crippen molar-refractivity contribution in [3.63, 3.8) is 0 Å². The molecule has 1 aliphatic rings. The second-order valence-electron chi connectivity index (χ2n) is 4.89. The molecule has 18 heavy (non-hydrogen) atoms. The third-order valence-electron chi connectivity index (χ3n) is 3.50. The lowest BCUT2D eigenvalue weighted by atomic mass is 10.0. The number of nitrogens with one attached hydrogen (secondary N) is 2. The lowest BCUT2D eigenvalue weighted by Gasteiger charge is -2.18. The third kappa shape index (κ3) is 1.95. The molecule has 1 aromatic carbocycles. The number of aromatic amines is 2. The van der Waals surface area contributed by atoms with Crippen molar-refractivity contribution in [2.75, 3.05) is 0 Å². The number of imidazole rings is 1. The van der Waals surface area contributed by atoms with Crippen molar-refractivity contribution >= 4 is 11.0 Å². The van der Waals surface area contributed by atoms with E-state index >= 15 is 0 Å². The number of fused-ring (bicyclic) bond motifs is 1. The summed E-state index contributed by atoms with van der Waals surface area (Å²) in [7, 11) is 0. The fourth-order valence-corrected chi connectivity index (χ4v) is 2.51. The van der Waals surface area contributed by atoms with Gasteiger partial charge >= 0.3 is 5.69 Å². The molecule has 96 valence electrons. The Balaban J connectivity index is 1.91. The minimum Gasteiger partial charge on any atom is -0.386 e. The average molecular weight is 248 g/mol. The summed E-state index contributed by atoms with van der Waals surface area (Å²) in [6.45, 7) is 2.01. The van der Waals surface area contributed by atoms with Crippen molar-refractivity contribution in [1.29, 1.82) is 0 Å². The molecule has 0 aliphatic carbocycles. The monoisotopic (exact) mass is 248 g/mol. The maximum atomic E-state index is 11.2.